The maximum atomic E-state index is 2.30. The van der Waals surface area contributed by atoms with Crippen molar-refractivity contribution in [3.63, 3.8) is 0 Å². The molecule has 0 radical (unpaired) electrons. The normalized spacial score (nSPS) is 11.7. The van der Waals surface area contributed by atoms with E-state index in [0.29, 0.717) is 21.0 Å². The van der Waals surface area contributed by atoms with Crippen molar-refractivity contribution in [2.45, 2.75) is 18.3 Å². The molecule has 0 aromatic heterocycles. The fourth-order valence-corrected chi connectivity index (χ4v) is 4.38. The van der Waals surface area contributed by atoms with Gasteiger partial charge in [0.2, 0.25) is 0 Å². The van der Waals surface area contributed by atoms with Crippen LogP contribution in [0.15, 0.2) is 84.9 Å². The average molecular weight is 452 g/mol. The van der Waals surface area contributed by atoms with Crippen molar-refractivity contribution in [1.82, 2.24) is 4.90 Å². The summed E-state index contributed by atoms with van der Waals surface area (Å²) in [5.41, 5.74) is 2.77. The molecule has 0 aliphatic carbocycles. The van der Waals surface area contributed by atoms with Gasteiger partial charge in [0.05, 0.1) is 0 Å². The fraction of sp³-hybridized carbons (Fsp3) is 0.217. The number of hydrogen-bond acceptors (Lipinski definition) is 1. The SMILES string of the molecule is CC([c-]1cccc1[Se]C/C=C/c1ccccc1)N(C)C.[Fe+2].c1cc[cH-]c1. The van der Waals surface area contributed by atoms with Gasteiger partial charge in [-0.15, -0.1) is 0 Å². The van der Waals surface area contributed by atoms with E-state index in [1.165, 1.54) is 15.6 Å². The maximum Gasteiger partial charge on any atom is 2.00 e. The Kier molecular flexibility index (Phi) is 11.3. The van der Waals surface area contributed by atoms with E-state index in [1.54, 1.807) is 0 Å². The Morgan fingerprint density at radius 1 is 1.04 bits per heavy atom. The van der Waals surface area contributed by atoms with Crippen LogP contribution in [0.3, 0.4) is 0 Å². The Balaban J connectivity index is 0.000000486. The zero-order valence-electron chi connectivity index (χ0n) is 15.7. The molecule has 1 atom stereocenters. The number of benzene rings is 1. The molecule has 0 spiro atoms. The van der Waals surface area contributed by atoms with Gasteiger partial charge in [0, 0.05) is 0 Å². The smallest absolute Gasteiger partial charge is 0.214 e. The minimum Gasteiger partial charge on any atom is -0.214 e. The van der Waals surface area contributed by atoms with Gasteiger partial charge < -0.3 is 0 Å². The first kappa shape index (κ1) is 22.7. The zero-order valence-corrected chi connectivity index (χ0v) is 18.5. The third-order valence-corrected chi connectivity index (χ3v) is 6.22. The molecule has 138 valence electrons. The van der Waals surface area contributed by atoms with Crippen LogP contribution < -0.4 is 4.46 Å². The second kappa shape index (κ2) is 12.9. The van der Waals surface area contributed by atoms with Crippen LogP contribution in [0.4, 0.5) is 0 Å². The Bertz CT molecular complexity index is 697. The van der Waals surface area contributed by atoms with Crippen molar-refractivity contribution in [3.8, 4) is 0 Å². The zero-order chi connectivity index (χ0) is 17.9. The van der Waals surface area contributed by atoms with Gasteiger partial charge in [-0.3, -0.25) is 0 Å². The molecule has 3 aromatic rings. The molecule has 0 aliphatic heterocycles. The van der Waals surface area contributed by atoms with E-state index in [2.05, 4.69) is 86.6 Å². The Morgan fingerprint density at radius 3 is 2.31 bits per heavy atom. The topological polar surface area (TPSA) is 3.24 Å². The Morgan fingerprint density at radius 2 is 1.73 bits per heavy atom. The van der Waals surface area contributed by atoms with Crippen LogP contribution in [0.25, 0.3) is 6.08 Å². The van der Waals surface area contributed by atoms with Crippen molar-refractivity contribution >= 4 is 25.5 Å². The first-order chi connectivity index (χ1) is 12.2. The van der Waals surface area contributed by atoms with Gasteiger partial charge in [0.25, 0.3) is 0 Å². The van der Waals surface area contributed by atoms with Crippen LogP contribution in [-0.4, -0.2) is 34.0 Å². The van der Waals surface area contributed by atoms with E-state index >= 15 is 0 Å². The van der Waals surface area contributed by atoms with Crippen LogP contribution in [0.1, 0.15) is 24.1 Å². The Labute approximate surface area is 175 Å². The molecular formula is C23H27FeNSe. The van der Waals surface area contributed by atoms with E-state index in [1.807, 2.05) is 30.3 Å². The average Bonchev–Trinajstić information content (AvgIpc) is 3.33. The van der Waals surface area contributed by atoms with E-state index in [-0.39, 0.29) is 17.1 Å². The molecule has 0 N–H and O–H groups in total. The van der Waals surface area contributed by atoms with Crippen molar-refractivity contribution in [2.75, 3.05) is 14.1 Å². The number of allylic oxidation sites excluding steroid dienone is 1. The molecule has 1 nitrogen and oxygen atoms in total. The summed E-state index contributed by atoms with van der Waals surface area (Å²) in [7, 11) is 4.29. The quantitative estimate of drug-likeness (QED) is 0.380. The molecule has 0 saturated heterocycles. The number of nitrogens with zero attached hydrogens (tertiary/aromatic N) is 1. The number of rotatable bonds is 6. The molecule has 3 aromatic carbocycles. The molecule has 0 fully saturated rings. The third kappa shape index (κ3) is 7.91. The van der Waals surface area contributed by atoms with E-state index in [0.717, 1.165) is 5.32 Å². The summed E-state index contributed by atoms with van der Waals surface area (Å²) in [6.07, 6.45) is 4.52. The van der Waals surface area contributed by atoms with Gasteiger partial charge in [-0.1, -0.05) is 0 Å². The molecule has 3 heteroatoms. The van der Waals surface area contributed by atoms with E-state index in [4.69, 9.17) is 0 Å². The van der Waals surface area contributed by atoms with Gasteiger partial charge >= 0.3 is 146 Å². The summed E-state index contributed by atoms with van der Waals surface area (Å²) >= 11 is 0.522. The van der Waals surface area contributed by atoms with Crippen molar-refractivity contribution in [2.24, 2.45) is 0 Å². The van der Waals surface area contributed by atoms with E-state index in [9.17, 15) is 0 Å². The largest absolute Gasteiger partial charge is 2.00 e. The van der Waals surface area contributed by atoms with E-state index < -0.39 is 0 Å². The summed E-state index contributed by atoms with van der Waals surface area (Å²) in [6, 6.07) is 27.7. The molecule has 3 rings (SSSR count). The standard InChI is InChI=1S/C18H22NSe.C5H5.Fe/c1-15(19(2)3)17-12-7-13-18(17)20-14-8-11-16-9-5-4-6-10-16;1-2-4-5-3-1;/h4-13,15H,14H2,1-3H3;1-5H;/q2*-1;+2/b11-8+;;. The van der Waals surface area contributed by atoms with Crippen molar-refractivity contribution in [1.29, 1.82) is 0 Å². The fourth-order valence-electron chi connectivity index (χ4n) is 2.38. The molecule has 0 heterocycles. The molecule has 1 unspecified atom stereocenters. The molecule has 0 saturated carbocycles. The first-order valence-corrected chi connectivity index (χ1v) is 10.7. The van der Waals surface area contributed by atoms with Crippen LogP contribution >= 0.6 is 0 Å². The van der Waals surface area contributed by atoms with Gasteiger partial charge in [0.1, 0.15) is 0 Å². The van der Waals surface area contributed by atoms with Gasteiger partial charge in [0.15, 0.2) is 0 Å². The third-order valence-electron chi connectivity index (χ3n) is 4.03. The van der Waals surface area contributed by atoms with Gasteiger partial charge in [-0.2, -0.15) is 18.2 Å². The van der Waals surface area contributed by atoms with Gasteiger partial charge in [-0.05, 0) is 0 Å². The van der Waals surface area contributed by atoms with Crippen LogP contribution in [0, 0.1) is 0 Å². The first-order valence-electron chi connectivity index (χ1n) is 8.61. The molecule has 0 bridgehead atoms. The van der Waals surface area contributed by atoms with Crippen molar-refractivity contribution < 1.29 is 17.1 Å². The second-order valence-corrected chi connectivity index (χ2v) is 8.30. The molecule has 0 amide bonds. The minimum absolute atomic E-state index is 0. The van der Waals surface area contributed by atoms with Gasteiger partial charge in [-0.25, -0.2) is 12.1 Å². The van der Waals surface area contributed by atoms with Crippen molar-refractivity contribution in [3.05, 3.63) is 96.1 Å². The summed E-state index contributed by atoms with van der Waals surface area (Å²) in [5.74, 6) is 0. The predicted octanol–water partition coefficient (Wildman–Crippen LogP) is 4.89. The number of hydrogen-bond donors (Lipinski definition) is 0. The summed E-state index contributed by atoms with van der Waals surface area (Å²) in [6.45, 7) is 2.27. The van der Waals surface area contributed by atoms with Crippen LogP contribution in [-0.2, 0) is 17.1 Å². The second-order valence-electron chi connectivity index (χ2n) is 6.07. The summed E-state index contributed by atoms with van der Waals surface area (Å²) in [4.78, 5) is 2.27. The summed E-state index contributed by atoms with van der Waals surface area (Å²) in [5, 5.41) is 1.15. The monoisotopic (exact) mass is 453 g/mol. The molecular weight excluding hydrogens is 425 g/mol. The molecule has 0 aliphatic rings. The minimum atomic E-state index is 0. The summed E-state index contributed by atoms with van der Waals surface area (Å²) < 4.78 is 1.54. The van der Waals surface area contributed by atoms with Crippen LogP contribution in [0.5, 0.6) is 0 Å². The van der Waals surface area contributed by atoms with Crippen LogP contribution in [0.2, 0.25) is 5.32 Å². The predicted molar refractivity (Wildman–Crippen MR) is 112 cm³/mol. The molecule has 26 heavy (non-hydrogen) atoms. The Hall–Kier alpha value is -1.34. The maximum absolute atomic E-state index is 2.30.